The molecule has 1 aromatic heterocycles. The maximum absolute atomic E-state index is 12.8. The van der Waals surface area contributed by atoms with Gasteiger partial charge in [0, 0.05) is 11.4 Å². The third-order valence-corrected chi connectivity index (χ3v) is 5.52. The number of halogens is 1. The third-order valence-electron chi connectivity index (χ3n) is 5.21. The van der Waals surface area contributed by atoms with Crippen molar-refractivity contribution in [3.8, 4) is 0 Å². The number of carbonyl (C=O) groups excluding carboxylic acids is 2. The minimum atomic E-state index is -0.486. The zero-order chi connectivity index (χ0) is 22.5. The first kappa shape index (κ1) is 22.6. The molecule has 2 amide bonds. The van der Waals surface area contributed by atoms with E-state index in [1.165, 1.54) is 0 Å². The van der Waals surface area contributed by atoms with Crippen molar-refractivity contribution in [3.63, 3.8) is 0 Å². The predicted octanol–water partition coefficient (Wildman–Crippen LogP) is 5.49. The maximum Gasteiger partial charge on any atom is 0.248 e. The number of amides is 2. The average Bonchev–Trinajstić information content (AvgIpc) is 3.08. The number of carbonyl (C=O) groups is 2. The molecule has 3 aromatic rings. The van der Waals surface area contributed by atoms with Crippen LogP contribution in [0.2, 0.25) is 5.02 Å². The molecular formula is C24H27ClN4O2. The van der Waals surface area contributed by atoms with Gasteiger partial charge in [-0.3, -0.25) is 14.3 Å². The molecule has 1 heterocycles. The van der Waals surface area contributed by atoms with Gasteiger partial charge in [-0.15, -0.1) is 0 Å². The van der Waals surface area contributed by atoms with Crippen molar-refractivity contribution in [3.05, 3.63) is 76.6 Å². The second kappa shape index (κ2) is 9.79. The van der Waals surface area contributed by atoms with Crippen LogP contribution in [0.3, 0.4) is 0 Å². The molecule has 0 radical (unpaired) electrons. The highest BCUT2D eigenvalue weighted by atomic mass is 35.5. The lowest BCUT2D eigenvalue weighted by Crippen LogP contribution is -2.25. The third kappa shape index (κ3) is 5.33. The van der Waals surface area contributed by atoms with Gasteiger partial charge in [-0.1, -0.05) is 48.9 Å². The summed E-state index contributed by atoms with van der Waals surface area (Å²) < 4.78 is 1.68. The van der Waals surface area contributed by atoms with Gasteiger partial charge in [0.2, 0.25) is 11.8 Å². The van der Waals surface area contributed by atoms with Crippen LogP contribution in [0.15, 0.2) is 54.6 Å². The Morgan fingerprint density at radius 2 is 1.74 bits per heavy atom. The molecular weight excluding hydrogens is 412 g/mol. The van der Waals surface area contributed by atoms with E-state index in [0.717, 1.165) is 17.0 Å². The zero-order valence-electron chi connectivity index (χ0n) is 18.1. The van der Waals surface area contributed by atoms with Gasteiger partial charge in [-0.2, -0.15) is 5.10 Å². The summed E-state index contributed by atoms with van der Waals surface area (Å²) in [6.07, 6.45) is 0.682. The molecule has 0 aliphatic rings. The molecule has 2 N–H and O–H groups in total. The molecule has 0 aliphatic heterocycles. The molecule has 0 saturated heterocycles. The zero-order valence-corrected chi connectivity index (χ0v) is 18.9. The summed E-state index contributed by atoms with van der Waals surface area (Å²) in [5.41, 5.74) is 3.79. The van der Waals surface area contributed by atoms with Crippen LogP contribution in [0.1, 0.15) is 49.2 Å². The first-order chi connectivity index (χ1) is 14.8. The van der Waals surface area contributed by atoms with Crippen molar-refractivity contribution in [2.45, 2.75) is 46.1 Å². The predicted molar refractivity (Wildman–Crippen MR) is 125 cm³/mol. The lowest BCUT2D eigenvalue weighted by molar-refractivity contribution is -0.119. The summed E-state index contributed by atoms with van der Waals surface area (Å²) >= 11 is 6.39. The van der Waals surface area contributed by atoms with Gasteiger partial charge < -0.3 is 10.6 Å². The lowest BCUT2D eigenvalue weighted by Gasteiger charge is -2.17. The number of rotatable bonds is 7. The highest BCUT2D eigenvalue weighted by Gasteiger charge is 2.21. The Kier molecular flexibility index (Phi) is 7.13. The fraction of sp³-hybridized carbons (Fsp3) is 0.292. The Balaban J connectivity index is 1.69. The Morgan fingerprint density at radius 1 is 1.03 bits per heavy atom. The Hall–Kier alpha value is -3.12. The van der Waals surface area contributed by atoms with Crippen LogP contribution in [0.5, 0.6) is 0 Å². The first-order valence-electron chi connectivity index (χ1n) is 10.3. The van der Waals surface area contributed by atoms with E-state index < -0.39 is 6.04 Å². The van der Waals surface area contributed by atoms with Crippen LogP contribution in [-0.2, 0) is 9.59 Å². The molecule has 2 atom stereocenters. The summed E-state index contributed by atoms with van der Waals surface area (Å²) in [7, 11) is 0. The van der Waals surface area contributed by atoms with Gasteiger partial charge in [0.1, 0.15) is 6.04 Å². The monoisotopic (exact) mass is 438 g/mol. The summed E-state index contributed by atoms with van der Waals surface area (Å²) in [6.45, 7) is 7.56. The van der Waals surface area contributed by atoms with Crippen molar-refractivity contribution in [2.75, 3.05) is 10.6 Å². The standard InChI is InChI=1S/C24H27ClN4O2/c1-5-20(18-9-7-6-8-10-18)24(31)26-19-11-12-22(21(25)14-19)27-23(30)17(4)29-16(3)13-15(2)28-29/h6-14,17,20H,5H2,1-4H3,(H,26,31)(H,27,30). The summed E-state index contributed by atoms with van der Waals surface area (Å²) in [5, 5.41) is 10.5. The molecule has 6 nitrogen and oxygen atoms in total. The van der Waals surface area contributed by atoms with Gasteiger partial charge in [-0.05, 0) is 57.0 Å². The maximum atomic E-state index is 12.8. The minimum Gasteiger partial charge on any atom is -0.326 e. The molecule has 2 unspecified atom stereocenters. The van der Waals surface area contributed by atoms with Crippen molar-refractivity contribution in [1.82, 2.24) is 9.78 Å². The Morgan fingerprint density at radius 3 is 2.32 bits per heavy atom. The van der Waals surface area contributed by atoms with Crippen LogP contribution in [0.4, 0.5) is 11.4 Å². The van der Waals surface area contributed by atoms with Crippen molar-refractivity contribution >= 4 is 34.8 Å². The largest absolute Gasteiger partial charge is 0.326 e. The lowest BCUT2D eigenvalue weighted by atomic mass is 9.95. The van der Waals surface area contributed by atoms with E-state index in [1.54, 1.807) is 29.8 Å². The van der Waals surface area contributed by atoms with E-state index in [9.17, 15) is 9.59 Å². The number of aromatic nitrogens is 2. The fourth-order valence-electron chi connectivity index (χ4n) is 3.57. The molecule has 0 aliphatic carbocycles. The van der Waals surface area contributed by atoms with Crippen LogP contribution < -0.4 is 10.6 Å². The van der Waals surface area contributed by atoms with E-state index in [1.807, 2.05) is 57.2 Å². The molecule has 0 saturated carbocycles. The SMILES string of the molecule is CCC(C(=O)Nc1ccc(NC(=O)C(C)n2nc(C)cc2C)c(Cl)c1)c1ccccc1. The van der Waals surface area contributed by atoms with Gasteiger partial charge in [0.25, 0.3) is 0 Å². The number of aryl methyl sites for hydroxylation is 2. The molecule has 162 valence electrons. The first-order valence-corrected chi connectivity index (χ1v) is 10.7. The number of hydrogen-bond acceptors (Lipinski definition) is 3. The quantitative estimate of drug-likeness (QED) is 0.512. The number of hydrogen-bond donors (Lipinski definition) is 2. The molecule has 0 bridgehead atoms. The topological polar surface area (TPSA) is 76.0 Å². The van der Waals surface area contributed by atoms with Gasteiger partial charge >= 0.3 is 0 Å². The Labute approximate surface area is 187 Å². The molecule has 3 rings (SSSR count). The van der Waals surface area contributed by atoms with Gasteiger partial charge in [0.05, 0.1) is 22.3 Å². The second-order valence-corrected chi connectivity index (χ2v) is 8.00. The average molecular weight is 439 g/mol. The number of benzene rings is 2. The van der Waals surface area contributed by atoms with E-state index in [4.69, 9.17) is 11.6 Å². The second-order valence-electron chi connectivity index (χ2n) is 7.59. The van der Waals surface area contributed by atoms with Crippen LogP contribution in [0, 0.1) is 13.8 Å². The summed E-state index contributed by atoms with van der Waals surface area (Å²) in [6, 6.07) is 16.2. The molecule has 7 heteroatoms. The molecule has 2 aromatic carbocycles. The van der Waals surface area contributed by atoms with Crippen LogP contribution in [0.25, 0.3) is 0 Å². The van der Waals surface area contributed by atoms with Crippen molar-refractivity contribution in [1.29, 1.82) is 0 Å². The molecule has 31 heavy (non-hydrogen) atoms. The number of nitrogens with zero attached hydrogens (tertiary/aromatic N) is 2. The Bertz CT molecular complexity index is 1080. The van der Waals surface area contributed by atoms with Gasteiger partial charge in [0.15, 0.2) is 0 Å². The smallest absolute Gasteiger partial charge is 0.248 e. The van der Waals surface area contributed by atoms with E-state index in [2.05, 4.69) is 15.7 Å². The molecule has 0 fully saturated rings. The minimum absolute atomic E-state index is 0.0975. The van der Waals surface area contributed by atoms with Gasteiger partial charge in [-0.25, -0.2) is 0 Å². The number of nitrogens with one attached hydrogen (secondary N) is 2. The van der Waals surface area contributed by atoms with Crippen LogP contribution >= 0.6 is 11.6 Å². The van der Waals surface area contributed by atoms with Crippen LogP contribution in [-0.4, -0.2) is 21.6 Å². The highest BCUT2D eigenvalue weighted by Crippen LogP contribution is 2.28. The summed E-state index contributed by atoms with van der Waals surface area (Å²) in [5.74, 6) is -0.569. The highest BCUT2D eigenvalue weighted by molar-refractivity contribution is 6.34. The normalized spacial score (nSPS) is 12.8. The number of anilines is 2. The van der Waals surface area contributed by atoms with E-state index in [0.29, 0.717) is 22.8 Å². The molecule has 0 spiro atoms. The fourth-order valence-corrected chi connectivity index (χ4v) is 3.80. The van der Waals surface area contributed by atoms with E-state index in [-0.39, 0.29) is 17.7 Å². The van der Waals surface area contributed by atoms with Crippen molar-refractivity contribution < 1.29 is 9.59 Å². The van der Waals surface area contributed by atoms with E-state index >= 15 is 0 Å². The summed E-state index contributed by atoms with van der Waals surface area (Å²) in [4.78, 5) is 25.4. The van der Waals surface area contributed by atoms with Crippen molar-refractivity contribution in [2.24, 2.45) is 0 Å².